The van der Waals surface area contributed by atoms with E-state index in [1.165, 1.54) is 0 Å². The van der Waals surface area contributed by atoms with Gasteiger partial charge in [-0.05, 0) is 18.2 Å². The molecule has 0 spiro atoms. The lowest BCUT2D eigenvalue weighted by atomic mass is 10.1. The summed E-state index contributed by atoms with van der Waals surface area (Å²) in [5.41, 5.74) is 7.44. The van der Waals surface area contributed by atoms with E-state index < -0.39 is 0 Å². The SMILES string of the molecule is NC(=S)c1ccc(Br)cc1NCC1COCCO1. The third-order valence-corrected chi connectivity index (χ3v) is 3.37. The maximum Gasteiger partial charge on any atom is 0.106 e. The van der Waals surface area contributed by atoms with Crippen molar-refractivity contribution in [3.8, 4) is 0 Å². The van der Waals surface area contributed by atoms with Crippen LogP contribution in [0.2, 0.25) is 0 Å². The van der Waals surface area contributed by atoms with Crippen molar-refractivity contribution in [1.29, 1.82) is 0 Å². The second kappa shape index (κ2) is 6.47. The van der Waals surface area contributed by atoms with E-state index in [4.69, 9.17) is 27.4 Å². The Labute approximate surface area is 120 Å². The minimum absolute atomic E-state index is 0.0666. The highest BCUT2D eigenvalue weighted by Crippen LogP contribution is 2.21. The predicted molar refractivity (Wildman–Crippen MR) is 79.1 cm³/mol. The van der Waals surface area contributed by atoms with Crippen LogP contribution >= 0.6 is 28.1 Å². The number of nitrogens with two attached hydrogens (primary N) is 1. The van der Waals surface area contributed by atoms with Crippen LogP contribution in [0.15, 0.2) is 22.7 Å². The highest BCUT2D eigenvalue weighted by atomic mass is 79.9. The summed E-state index contributed by atoms with van der Waals surface area (Å²) in [5, 5.41) is 3.30. The van der Waals surface area contributed by atoms with Crippen molar-refractivity contribution < 1.29 is 9.47 Å². The zero-order valence-corrected chi connectivity index (χ0v) is 12.2. The monoisotopic (exact) mass is 330 g/mol. The number of hydrogen-bond donors (Lipinski definition) is 2. The van der Waals surface area contributed by atoms with E-state index in [0.29, 0.717) is 31.4 Å². The van der Waals surface area contributed by atoms with Crippen molar-refractivity contribution in [2.75, 3.05) is 31.7 Å². The molecule has 1 aromatic carbocycles. The molecule has 1 fully saturated rings. The largest absolute Gasteiger partial charge is 0.389 e. The molecule has 0 amide bonds. The number of thiocarbonyl (C=S) groups is 1. The maximum atomic E-state index is 5.69. The molecule has 1 aliphatic heterocycles. The minimum Gasteiger partial charge on any atom is -0.389 e. The van der Waals surface area contributed by atoms with Crippen molar-refractivity contribution in [3.05, 3.63) is 28.2 Å². The van der Waals surface area contributed by atoms with Gasteiger partial charge in [0.25, 0.3) is 0 Å². The summed E-state index contributed by atoms with van der Waals surface area (Å²) in [7, 11) is 0. The Morgan fingerprint density at radius 1 is 1.50 bits per heavy atom. The number of rotatable bonds is 4. The number of ether oxygens (including phenoxy) is 2. The molecule has 4 nitrogen and oxygen atoms in total. The van der Waals surface area contributed by atoms with Crippen LogP contribution in [0.5, 0.6) is 0 Å². The molecule has 2 rings (SSSR count). The van der Waals surface area contributed by atoms with E-state index in [1.807, 2.05) is 18.2 Å². The van der Waals surface area contributed by atoms with Crippen molar-refractivity contribution in [3.63, 3.8) is 0 Å². The highest BCUT2D eigenvalue weighted by molar-refractivity contribution is 9.10. The van der Waals surface area contributed by atoms with Gasteiger partial charge in [-0.15, -0.1) is 0 Å². The minimum atomic E-state index is 0.0666. The molecule has 6 heteroatoms. The first-order chi connectivity index (χ1) is 8.66. The van der Waals surface area contributed by atoms with E-state index in [1.54, 1.807) is 0 Å². The molecule has 3 N–H and O–H groups in total. The lowest BCUT2D eigenvalue weighted by Crippen LogP contribution is -2.34. The van der Waals surface area contributed by atoms with Gasteiger partial charge in [0.2, 0.25) is 0 Å². The van der Waals surface area contributed by atoms with Gasteiger partial charge in [0, 0.05) is 22.3 Å². The first kappa shape index (κ1) is 13.7. The molecule has 0 radical (unpaired) electrons. The Bertz CT molecular complexity index is 436. The van der Waals surface area contributed by atoms with Crippen LogP contribution < -0.4 is 11.1 Å². The molecule has 0 aromatic heterocycles. The summed E-state index contributed by atoms with van der Waals surface area (Å²) in [6.45, 7) is 2.61. The van der Waals surface area contributed by atoms with Gasteiger partial charge in [0.1, 0.15) is 4.99 Å². The molecule has 1 saturated heterocycles. The fraction of sp³-hybridized carbons (Fsp3) is 0.417. The number of nitrogens with one attached hydrogen (secondary N) is 1. The molecular weight excluding hydrogens is 316 g/mol. The average Bonchev–Trinajstić information content (AvgIpc) is 2.37. The fourth-order valence-corrected chi connectivity index (χ4v) is 2.29. The summed E-state index contributed by atoms with van der Waals surface area (Å²) in [6.07, 6.45) is 0.0666. The van der Waals surface area contributed by atoms with Gasteiger partial charge in [0.15, 0.2) is 0 Å². The van der Waals surface area contributed by atoms with Crippen LogP contribution in [-0.2, 0) is 9.47 Å². The van der Waals surface area contributed by atoms with E-state index >= 15 is 0 Å². The maximum absolute atomic E-state index is 5.69. The van der Waals surface area contributed by atoms with E-state index in [2.05, 4.69) is 21.2 Å². The number of benzene rings is 1. The van der Waals surface area contributed by atoms with Crippen molar-refractivity contribution >= 4 is 38.8 Å². The van der Waals surface area contributed by atoms with Crippen LogP contribution in [-0.4, -0.2) is 37.5 Å². The van der Waals surface area contributed by atoms with Gasteiger partial charge in [-0.2, -0.15) is 0 Å². The molecule has 1 unspecified atom stereocenters. The van der Waals surface area contributed by atoms with Gasteiger partial charge < -0.3 is 20.5 Å². The van der Waals surface area contributed by atoms with Gasteiger partial charge in [-0.3, -0.25) is 0 Å². The molecule has 1 atom stereocenters. The Kier molecular flexibility index (Phi) is 4.94. The van der Waals surface area contributed by atoms with Gasteiger partial charge >= 0.3 is 0 Å². The van der Waals surface area contributed by atoms with Crippen molar-refractivity contribution in [2.24, 2.45) is 5.73 Å². The average molecular weight is 331 g/mol. The Morgan fingerprint density at radius 3 is 3.00 bits per heavy atom. The first-order valence-corrected chi connectivity index (χ1v) is 6.89. The lowest BCUT2D eigenvalue weighted by Gasteiger charge is -2.24. The smallest absolute Gasteiger partial charge is 0.106 e. The highest BCUT2D eigenvalue weighted by Gasteiger charge is 2.15. The predicted octanol–water partition coefficient (Wildman–Crippen LogP) is 1.91. The molecule has 0 bridgehead atoms. The summed E-state index contributed by atoms with van der Waals surface area (Å²) < 4.78 is 11.9. The van der Waals surface area contributed by atoms with Crippen LogP contribution in [0, 0.1) is 0 Å². The zero-order valence-electron chi connectivity index (χ0n) is 9.82. The molecule has 18 heavy (non-hydrogen) atoms. The summed E-state index contributed by atoms with van der Waals surface area (Å²) in [6, 6.07) is 5.77. The van der Waals surface area contributed by atoms with Crippen LogP contribution in [0.1, 0.15) is 5.56 Å². The molecule has 1 heterocycles. The van der Waals surface area contributed by atoms with Crippen LogP contribution in [0.25, 0.3) is 0 Å². The van der Waals surface area contributed by atoms with Gasteiger partial charge in [0.05, 0.1) is 25.9 Å². The normalized spacial score (nSPS) is 19.5. The molecule has 1 aromatic rings. The molecule has 98 valence electrons. The van der Waals surface area contributed by atoms with Gasteiger partial charge in [-0.1, -0.05) is 28.1 Å². The molecular formula is C12H15BrN2O2S. The standard InChI is InChI=1S/C12H15BrN2O2S/c13-8-1-2-10(12(14)18)11(5-8)15-6-9-7-16-3-4-17-9/h1-2,5,9,15H,3-4,6-7H2,(H2,14,18). The Hall–Kier alpha value is -0.690. The molecule has 0 saturated carbocycles. The van der Waals surface area contributed by atoms with Crippen LogP contribution in [0.3, 0.4) is 0 Å². The second-order valence-corrected chi connectivity index (χ2v) is 5.36. The van der Waals surface area contributed by atoms with Gasteiger partial charge in [-0.25, -0.2) is 0 Å². The van der Waals surface area contributed by atoms with Crippen molar-refractivity contribution in [2.45, 2.75) is 6.10 Å². The summed E-state index contributed by atoms with van der Waals surface area (Å²) in [4.78, 5) is 0.380. The quantitative estimate of drug-likeness (QED) is 0.826. The fourth-order valence-electron chi connectivity index (χ4n) is 1.76. The third kappa shape index (κ3) is 3.65. The topological polar surface area (TPSA) is 56.5 Å². The second-order valence-electron chi connectivity index (χ2n) is 4.00. The number of anilines is 1. The third-order valence-electron chi connectivity index (χ3n) is 2.65. The summed E-state index contributed by atoms with van der Waals surface area (Å²) in [5.74, 6) is 0. The van der Waals surface area contributed by atoms with Crippen LogP contribution in [0.4, 0.5) is 5.69 Å². The summed E-state index contributed by atoms with van der Waals surface area (Å²) >= 11 is 8.46. The van der Waals surface area contributed by atoms with E-state index in [0.717, 1.165) is 15.7 Å². The van der Waals surface area contributed by atoms with E-state index in [-0.39, 0.29) is 6.10 Å². The zero-order chi connectivity index (χ0) is 13.0. The Morgan fingerprint density at radius 2 is 2.33 bits per heavy atom. The number of halogens is 1. The number of hydrogen-bond acceptors (Lipinski definition) is 4. The van der Waals surface area contributed by atoms with E-state index in [9.17, 15) is 0 Å². The molecule has 0 aliphatic carbocycles. The lowest BCUT2D eigenvalue weighted by molar-refractivity contribution is -0.0818. The molecule has 1 aliphatic rings. The first-order valence-electron chi connectivity index (χ1n) is 5.69. The van der Waals surface area contributed by atoms with Crippen molar-refractivity contribution in [1.82, 2.24) is 0 Å². The Balaban J connectivity index is 2.03.